The second-order valence-corrected chi connectivity index (χ2v) is 5.01. The number of anilines is 1. The van der Waals surface area contributed by atoms with Gasteiger partial charge in [-0.05, 0) is 42.4 Å². The maximum absolute atomic E-state index is 13.3. The standard InChI is InChI=1S/C10H14FNS2/c1-13-5-2-6-14-10-4-3-8(12)7-9(10)11/h3-4,7H,2,5-6,12H2,1H3. The minimum Gasteiger partial charge on any atom is -0.399 e. The Morgan fingerprint density at radius 1 is 1.36 bits per heavy atom. The lowest BCUT2D eigenvalue weighted by Crippen LogP contribution is -1.89. The molecular formula is C10H14FNS2. The van der Waals surface area contributed by atoms with E-state index < -0.39 is 0 Å². The van der Waals surface area contributed by atoms with Crippen molar-refractivity contribution in [3.05, 3.63) is 24.0 Å². The monoisotopic (exact) mass is 231 g/mol. The van der Waals surface area contributed by atoms with Crippen molar-refractivity contribution in [3.63, 3.8) is 0 Å². The summed E-state index contributed by atoms with van der Waals surface area (Å²) in [6.45, 7) is 0. The first kappa shape index (κ1) is 11.7. The van der Waals surface area contributed by atoms with Crippen molar-refractivity contribution in [2.24, 2.45) is 0 Å². The van der Waals surface area contributed by atoms with E-state index in [-0.39, 0.29) is 5.82 Å². The Morgan fingerprint density at radius 3 is 2.79 bits per heavy atom. The van der Waals surface area contributed by atoms with Gasteiger partial charge in [0.05, 0.1) is 0 Å². The van der Waals surface area contributed by atoms with E-state index in [1.165, 1.54) is 6.07 Å². The highest BCUT2D eigenvalue weighted by Gasteiger charge is 2.02. The molecule has 0 fully saturated rings. The van der Waals surface area contributed by atoms with Gasteiger partial charge in [0, 0.05) is 10.6 Å². The average molecular weight is 231 g/mol. The summed E-state index contributed by atoms with van der Waals surface area (Å²) in [4.78, 5) is 0.695. The van der Waals surface area contributed by atoms with E-state index in [0.29, 0.717) is 10.6 Å². The summed E-state index contributed by atoms with van der Waals surface area (Å²) in [5.41, 5.74) is 5.93. The summed E-state index contributed by atoms with van der Waals surface area (Å²) >= 11 is 3.37. The van der Waals surface area contributed by atoms with Crippen molar-refractivity contribution in [1.82, 2.24) is 0 Å². The lowest BCUT2D eigenvalue weighted by atomic mass is 10.3. The van der Waals surface area contributed by atoms with Gasteiger partial charge in [-0.1, -0.05) is 0 Å². The number of halogens is 1. The van der Waals surface area contributed by atoms with Crippen molar-refractivity contribution in [2.45, 2.75) is 11.3 Å². The van der Waals surface area contributed by atoms with Crippen molar-refractivity contribution < 1.29 is 4.39 Å². The van der Waals surface area contributed by atoms with Crippen LogP contribution in [0, 0.1) is 5.82 Å². The number of hydrogen-bond acceptors (Lipinski definition) is 3. The summed E-state index contributed by atoms with van der Waals surface area (Å²) < 4.78 is 13.3. The van der Waals surface area contributed by atoms with Crippen LogP contribution >= 0.6 is 23.5 Å². The molecule has 0 radical (unpaired) electrons. The van der Waals surface area contributed by atoms with Gasteiger partial charge in [0.1, 0.15) is 5.82 Å². The van der Waals surface area contributed by atoms with Crippen LogP contribution in [0.2, 0.25) is 0 Å². The predicted molar refractivity (Wildman–Crippen MR) is 64.5 cm³/mol. The molecule has 0 amide bonds. The van der Waals surface area contributed by atoms with Gasteiger partial charge < -0.3 is 5.73 Å². The minimum atomic E-state index is -0.209. The Kier molecular flexibility index (Phi) is 5.19. The van der Waals surface area contributed by atoms with Crippen LogP contribution in [-0.4, -0.2) is 17.8 Å². The van der Waals surface area contributed by atoms with Gasteiger partial charge in [0.2, 0.25) is 0 Å². The van der Waals surface area contributed by atoms with E-state index >= 15 is 0 Å². The average Bonchev–Trinajstić information content (AvgIpc) is 2.15. The molecule has 0 aliphatic carbocycles. The summed E-state index contributed by atoms with van der Waals surface area (Å²) in [6.07, 6.45) is 3.18. The molecule has 14 heavy (non-hydrogen) atoms. The second-order valence-electron chi connectivity index (χ2n) is 2.88. The fraction of sp³-hybridized carbons (Fsp3) is 0.400. The van der Waals surface area contributed by atoms with Crippen LogP contribution in [0.1, 0.15) is 6.42 Å². The molecule has 1 aromatic rings. The fourth-order valence-electron chi connectivity index (χ4n) is 1.02. The third-order valence-electron chi connectivity index (χ3n) is 1.71. The molecule has 0 unspecified atom stereocenters. The molecule has 0 saturated heterocycles. The number of thioether (sulfide) groups is 2. The molecule has 0 spiro atoms. The van der Waals surface area contributed by atoms with E-state index in [4.69, 9.17) is 5.73 Å². The van der Waals surface area contributed by atoms with Crippen LogP contribution in [-0.2, 0) is 0 Å². The molecule has 1 aromatic carbocycles. The van der Waals surface area contributed by atoms with Crippen molar-refractivity contribution in [2.75, 3.05) is 23.5 Å². The highest BCUT2D eigenvalue weighted by Crippen LogP contribution is 2.24. The molecule has 0 atom stereocenters. The van der Waals surface area contributed by atoms with Crippen molar-refractivity contribution in [1.29, 1.82) is 0 Å². The molecule has 78 valence electrons. The summed E-state index contributed by atoms with van der Waals surface area (Å²) in [6, 6.07) is 4.85. The molecule has 1 nitrogen and oxygen atoms in total. The van der Waals surface area contributed by atoms with Crippen LogP contribution in [0.25, 0.3) is 0 Å². The number of benzene rings is 1. The van der Waals surface area contributed by atoms with E-state index in [2.05, 4.69) is 6.26 Å². The molecule has 0 aromatic heterocycles. The van der Waals surface area contributed by atoms with Gasteiger partial charge in [-0.15, -0.1) is 11.8 Å². The van der Waals surface area contributed by atoms with Crippen molar-refractivity contribution >= 4 is 29.2 Å². The van der Waals surface area contributed by atoms with Crippen LogP contribution in [0.5, 0.6) is 0 Å². The van der Waals surface area contributed by atoms with Gasteiger partial charge in [-0.2, -0.15) is 11.8 Å². The Bertz CT molecular complexity index is 291. The first-order valence-corrected chi connectivity index (χ1v) is 6.78. The van der Waals surface area contributed by atoms with Gasteiger partial charge in [-0.25, -0.2) is 4.39 Å². The Balaban J connectivity index is 2.42. The molecule has 4 heteroatoms. The third kappa shape index (κ3) is 3.80. The Labute approximate surface area is 92.6 Å². The zero-order valence-electron chi connectivity index (χ0n) is 8.13. The number of nitrogens with two attached hydrogens (primary N) is 1. The Morgan fingerprint density at radius 2 is 2.14 bits per heavy atom. The normalized spacial score (nSPS) is 10.4. The quantitative estimate of drug-likeness (QED) is 0.478. The minimum absolute atomic E-state index is 0.209. The SMILES string of the molecule is CSCCCSc1ccc(N)cc1F. The van der Waals surface area contributed by atoms with Gasteiger partial charge in [0.25, 0.3) is 0 Å². The maximum Gasteiger partial charge on any atom is 0.138 e. The topological polar surface area (TPSA) is 26.0 Å². The van der Waals surface area contributed by atoms with Gasteiger partial charge in [-0.3, -0.25) is 0 Å². The van der Waals surface area contributed by atoms with Crippen LogP contribution in [0.4, 0.5) is 10.1 Å². The van der Waals surface area contributed by atoms with Crippen molar-refractivity contribution in [3.8, 4) is 0 Å². The summed E-state index contributed by atoms with van der Waals surface area (Å²) in [5, 5.41) is 0. The molecule has 0 heterocycles. The molecule has 2 N–H and O–H groups in total. The summed E-state index contributed by atoms with van der Waals surface area (Å²) in [7, 11) is 0. The second kappa shape index (κ2) is 6.19. The van der Waals surface area contributed by atoms with Crippen LogP contribution in [0.3, 0.4) is 0 Å². The zero-order chi connectivity index (χ0) is 10.4. The summed E-state index contributed by atoms with van der Waals surface area (Å²) in [5.74, 6) is 1.88. The molecule has 0 aliphatic heterocycles. The molecule has 0 aliphatic rings. The molecule has 0 bridgehead atoms. The number of rotatable bonds is 5. The number of nitrogen functional groups attached to an aromatic ring is 1. The molecule has 0 saturated carbocycles. The van der Waals surface area contributed by atoms with E-state index in [1.54, 1.807) is 23.9 Å². The zero-order valence-corrected chi connectivity index (χ0v) is 9.76. The fourth-order valence-corrected chi connectivity index (χ4v) is 2.50. The lowest BCUT2D eigenvalue weighted by Gasteiger charge is -2.03. The van der Waals surface area contributed by atoms with Crippen LogP contribution < -0.4 is 5.73 Å². The van der Waals surface area contributed by atoms with E-state index in [1.807, 2.05) is 11.8 Å². The van der Waals surface area contributed by atoms with Gasteiger partial charge in [0.15, 0.2) is 0 Å². The van der Waals surface area contributed by atoms with E-state index in [9.17, 15) is 4.39 Å². The largest absolute Gasteiger partial charge is 0.399 e. The first-order chi connectivity index (χ1) is 6.74. The highest BCUT2D eigenvalue weighted by atomic mass is 32.2. The molecule has 1 rings (SSSR count). The highest BCUT2D eigenvalue weighted by molar-refractivity contribution is 7.99. The van der Waals surface area contributed by atoms with E-state index in [0.717, 1.165) is 17.9 Å². The lowest BCUT2D eigenvalue weighted by molar-refractivity contribution is 0.602. The predicted octanol–water partition coefficient (Wildman–Crippen LogP) is 3.25. The number of hydrogen-bond donors (Lipinski definition) is 1. The molecular weight excluding hydrogens is 217 g/mol. The Hall–Kier alpha value is -0.350. The smallest absolute Gasteiger partial charge is 0.138 e. The van der Waals surface area contributed by atoms with Crippen LogP contribution in [0.15, 0.2) is 23.1 Å². The van der Waals surface area contributed by atoms with Gasteiger partial charge >= 0.3 is 0 Å². The third-order valence-corrected chi connectivity index (χ3v) is 3.54. The first-order valence-electron chi connectivity index (χ1n) is 4.41. The maximum atomic E-state index is 13.3.